The number of hydrogen-bond acceptors (Lipinski definition) is 1. The highest BCUT2D eigenvalue weighted by molar-refractivity contribution is 6.30. The van der Waals surface area contributed by atoms with E-state index >= 15 is 0 Å². The van der Waals surface area contributed by atoms with Crippen molar-refractivity contribution >= 4 is 23.6 Å². The van der Waals surface area contributed by atoms with Gasteiger partial charge in [-0.2, -0.15) is 0 Å². The van der Waals surface area contributed by atoms with Crippen LogP contribution in [0.25, 0.3) is 6.08 Å². The van der Waals surface area contributed by atoms with Crippen LogP contribution in [0, 0.1) is 0 Å². The van der Waals surface area contributed by atoms with E-state index < -0.39 is 0 Å². The van der Waals surface area contributed by atoms with E-state index in [1.54, 1.807) is 12.2 Å². The maximum absolute atomic E-state index is 11.7. The molecule has 2 nitrogen and oxygen atoms in total. The number of carbonyl (C=O) groups is 1. The van der Waals surface area contributed by atoms with Crippen LogP contribution in [0.4, 0.5) is 0 Å². The van der Waals surface area contributed by atoms with Gasteiger partial charge >= 0.3 is 0 Å². The molecule has 0 spiro atoms. The van der Waals surface area contributed by atoms with Gasteiger partial charge in [0.25, 0.3) is 0 Å². The number of benzene rings is 1. The second kappa shape index (κ2) is 12.3. The number of amides is 1. The minimum Gasteiger partial charge on any atom is -0.353 e. The number of unbranched alkanes of at least 4 members (excludes halogenated alkanes) is 7. The molecule has 0 heterocycles. The van der Waals surface area contributed by atoms with Crippen molar-refractivity contribution in [2.45, 2.75) is 58.3 Å². The Kier molecular flexibility index (Phi) is 10.5. The Morgan fingerprint density at radius 3 is 2.23 bits per heavy atom. The molecule has 1 N–H and O–H groups in total. The number of rotatable bonds is 11. The van der Waals surface area contributed by atoms with Crippen LogP contribution in [0.15, 0.2) is 30.3 Å². The van der Waals surface area contributed by atoms with Crippen LogP contribution in [0.3, 0.4) is 0 Å². The summed E-state index contributed by atoms with van der Waals surface area (Å²) in [6, 6.07) is 7.43. The van der Waals surface area contributed by atoms with Crippen LogP contribution in [0.1, 0.15) is 63.9 Å². The first-order chi connectivity index (χ1) is 10.7. The van der Waals surface area contributed by atoms with Crippen molar-refractivity contribution in [2.75, 3.05) is 6.54 Å². The van der Waals surface area contributed by atoms with Gasteiger partial charge in [-0.1, -0.05) is 75.6 Å². The SMILES string of the molecule is CCCCCCCCCCNC(=O)C=Cc1ccc(Cl)cc1. The van der Waals surface area contributed by atoms with Crippen molar-refractivity contribution in [1.82, 2.24) is 5.32 Å². The summed E-state index contributed by atoms with van der Waals surface area (Å²) in [5.41, 5.74) is 0.978. The molecule has 1 aromatic carbocycles. The average Bonchev–Trinajstić information content (AvgIpc) is 2.53. The summed E-state index contributed by atoms with van der Waals surface area (Å²) >= 11 is 5.82. The second-order valence-electron chi connectivity index (χ2n) is 5.65. The highest BCUT2D eigenvalue weighted by Crippen LogP contribution is 2.10. The largest absolute Gasteiger partial charge is 0.353 e. The fourth-order valence-electron chi connectivity index (χ4n) is 2.28. The number of halogens is 1. The molecule has 0 saturated carbocycles. The summed E-state index contributed by atoms with van der Waals surface area (Å²) in [4.78, 5) is 11.7. The number of hydrogen-bond donors (Lipinski definition) is 1. The smallest absolute Gasteiger partial charge is 0.243 e. The lowest BCUT2D eigenvalue weighted by Crippen LogP contribution is -2.21. The third-order valence-electron chi connectivity index (χ3n) is 3.63. The van der Waals surface area contributed by atoms with Gasteiger partial charge in [0.2, 0.25) is 5.91 Å². The number of nitrogens with one attached hydrogen (secondary N) is 1. The fourth-order valence-corrected chi connectivity index (χ4v) is 2.40. The fraction of sp³-hybridized carbons (Fsp3) is 0.526. The molecule has 0 atom stereocenters. The third-order valence-corrected chi connectivity index (χ3v) is 3.88. The van der Waals surface area contributed by atoms with E-state index in [0.717, 1.165) is 18.5 Å². The standard InChI is InChI=1S/C19H28ClNO/c1-2-3-4-5-6-7-8-9-16-21-19(22)15-12-17-10-13-18(20)14-11-17/h10-15H,2-9,16H2,1H3,(H,21,22). The Labute approximate surface area is 140 Å². The molecule has 0 aliphatic carbocycles. The first-order valence-corrected chi connectivity index (χ1v) is 8.81. The predicted molar refractivity (Wildman–Crippen MR) is 96.1 cm³/mol. The molecular formula is C19H28ClNO. The minimum absolute atomic E-state index is 0.0297. The van der Waals surface area contributed by atoms with Crippen molar-refractivity contribution in [3.05, 3.63) is 40.9 Å². The Bertz CT molecular complexity index is 439. The van der Waals surface area contributed by atoms with Gasteiger partial charge in [-0.25, -0.2) is 0 Å². The molecule has 1 rings (SSSR count). The van der Waals surface area contributed by atoms with E-state index in [4.69, 9.17) is 11.6 Å². The van der Waals surface area contributed by atoms with Crippen LogP contribution in [0.5, 0.6) is 0 Å². The molecule has 0 aliphatic heterocycles. The van der Waals surface area contributed by atoms with E-state index in [1.165, 1.54) is 44.9 Å². The molecule has 0 unspecified atom stereocenters. The molecular weight excluding hydrogens is 294 g/mol. The molecule has 0 aliphatic rings. The van der Waals surface area contributed by atoms with E-state index in [2.05, 4.69) is 12.2 Å². The zero-order valence-corrected chi connectivity index (χ0v) is 14.4. The first kappa shape index (κ1) is 18.8. The van der Waals surface area contributed by atoms with E-state index in [1.807, 2.05) is 24.3 Å². The molecule has 122 valence electrons. The summed E-state index contributed by atoms with van der Waals surface area (Å²) in [5, 5.41) is 3.63. The van der Waals surface area contributed by atoms with E-state index in [9.17, 15) is 4.79 Å². The van der Waals surface area contributed by atoms with E-state index in [-0.39, 0.29) is 5.91 Å². The third kappa shape index (κ3) is 9.62. The van der Waals surface area contributed by atoms with Crippen molar-refractivity contribution in [3.63, 3.8) is 0 Å². The maximum atomic E-state index is 11.7. The normalized spacial score (nSPS) is 11.0. The Morgan fingerprint density at radius 1 is 1.00 bits per heavy atom. The van der Waals surface area contributed by atoms with Crippen molar-refractivity contribution in [2.24, 2.45) is 0 Å². The molecule has 1 aromatic rings. The van der Waals surface area contributed by atoms with Crippen LogP contribution in [-0.2, 0) is 4.79 Å². The van der Waals surface area contributed by atoms with Gasteiger partial charge in [0.15, 0.2) is 0 Å². The van der Waals surface area contributed by atoms with E-state index in [0.29, 0.717) is 5.02 Å². The Hall–Kier alpha value is -1.28. The van der Waals surface area contributed by atoms with Crippen LogP contribution in [0.2, 0.25) is 5.02 Å². The lowest BCUT2D eigenvalue weighted by molar-refractivity contribution is -0.116. The summed E-state index contributed by atoms with van der Waals surface area (Å²) in [5.74, 6) is -0.0297. The van der Waals surface area contributed by atoms with Gasteiger partial charge in [0.1, 0.15) is 0 Å². The van der Waals surface area contributed by atoms with Crippen molar-refractivity contribution in [3.8, 4) is 0 Å². The predicted octanol–water partition coefficient (Wildman–Crippen LogP) is 5.61. The van der Waals surface area contributed by atoms with Gasteiger partial charge in [0.05, 0.1) is 0 Å². The monoisotopic (exact) mass is 321 g/mol. The van der Waals surface area contributed by atoms with Gasteiger partial charge in [-0.05, 0) is 30.2 Å². The highest BCUT2D eigenvalue weighted by Gasteiger charge is 1.96. The van der Waals surface area contributed by atoms with Crippen molar-refractivity contribution < 1.29 is 4.79 Å². The second-order valence-corrected chi connectivity index (χ2v) is 6.09. The molecule has 0 saturated heterocycles. The Morgan fingerprint density at radius 2 is 1.59 bits per heavy atom. The molecule has 0 fully saturated rings. The molecule has 3 heteroatoms. The van der Waals surface area contributed by atoms with Gasteiger partial charge in [0, 0.05) is 17.6 Å². The lowest BCUT2D eigenvalue weighted by Gasteiger charge is -2.03. The summed E-state index contributed by atoms with van der Waals surface area (Å²) in [6.45, 7) is 3.00. The minimum atomic E-state index is -0.0297. The van der Waals surface area contributed by atoms with Crippen LogP contribution < -0.4 is 5.32 Å². The maximum Gasteiger partial charge on any atom is 0.243 e. The van der Waals surface area contributed by atoms with Gasteiger partial charge < -0.3 is 5.32 Å². The summed E-state index contributed by atoms with van der Waals surface area (Å²) < 4.78 is 0. The Balaban J connectivity index is 2.02. The van der Waals surface area contributed by atoms with Crippen LogP contribution in [-0.4, -0.2) is 12.5 Å². The highest BCUT2D eigenvalue weighted by atomic mass is 35.5. The topological polar surface area (TPSA) is 29.1 Å². The zero-order chi connectivity index (χ0) is 16.0. The molecule has 0 bridgehead atoms. The van der Waals surface area contributed by atoms with Gasteiger partial charge in [-0.3, -0.25) is 4.79 Å². The van der Waals surface area contributed by atoms with Crippen molar-refractivity contribution in [1.29, 1.82) is 0 Å². The zero-order valence-electron chi connectivity index (χ0n) is 13.6. The molecule has 22 heavy (non-hydrogen) atoms. The molecule has 0 radical (unpaired) electrons. The molecule has 0 aromatic heterocycles. The quantitative estimate of drug-likeness (QED) is 0.416. The molecule has 1 amide bonds. The number of carbonyl (C=O) groups excluding carboxylic acids is 1. The summed E-state index contributed by atoms with van der Waals surface area (Å²) in [7, 11) is 0. The van der Waals surface area contributed by atoms with Gasteiger partial charge in [-0.15, -0.1) is 0 Å². The first-order valence-electron chi connectivity index (χ1n) is 8.44. The summed E-state index contributed by atoms with van der Waals surface area (Å²) in [6.07, 6.45) is 13.6. The average molecular weight is 322 g/mol. The lowest BCUT2D eigenvalue weighted by atomic mass is 10.1. The van der Waals surface area contributed by atoms with Crippen LogP contribution >= 0.6 is 11.6 Å².